The van der Waals surface area contributed by atoms with E-state index in [-0.39, 0.29) is 11.9 Å². The monoisotopic (exact) mass is 399 g/mol. The number of amides is 1. The fourth-order valence-electron chi connectivity index (χ4n) is 3.99. The highest BCUT2D eigenvalue weighted by molar-refractivity contribution is 5.92. The van der Waals surface area contributed by atoms with Crippen LogP contribution in [-0.4, -0.2) is 30.9 Å². The predicted molar refractivity (Wildman–Crippen MR) is 113 cm³/mol. The van der Waals surface area contributed by atoms with Crippen molar-refractivity contribution in [2.45, 2.75) is 32.4 Å². The van der Waals surface area contributed by atoms with Gasteiger partial charge in [-0.05, 0) is 60.7 Å². The van der Waals surface area contributed by atoms with Gasteiger partial charge < -0.3 is 11.1 Å². The summed E-state index contributed by atoms with van der Waals surface area (Å²) in [6.07, 6.45) is 4.96. The Morgan fingerprint density at radius 3 is 3.07 bits per heavy atom. The number of fused-ring (bicyclic) bond motifs is 2. The molecule has 0 saturated carbocycles. The third-order valence-electron chi connectivity index (χ3n) is 5.50. The highest BCUT2D eigenvalue weighted by Crippen LogP contribution is 2.33. The van der Waals surface area contributed by atoms with Crippen molar-refractivity contribution in [3.63, 3.8) is 0 Å². The van der Waals surface area contributed by atoms with Gasteiger partial charge in [0, 0.05) is 17.3 Å². The Hall–Kier alpha value is -3.81. The lowest BCUT2D eigenvalue weighted by atomic mass is 10.1. The van der Waals surface area contributed by atoms with Gasteiger partial charge >= 0.3 is 0 Å². The Kier molecular flexibility index (Phi) is 4.39. The second kappa shape index (κ2) is 7.22. The average molecular weight is 399 g/mol. The Balaban J connectivity index is 1.29. The lowest BCUT2D eigenvalue weighted by molar-refractivity contribution is 0.0931. The quantitative estimate of drug-likeness (QED) is 0.546. The van der Waals surface area contributed by atoms with Crippen molar-refractivity contribution >= 4 is 22.6 Å². The lowest BCUT2D eigenvalue weighted by Gasteiger charge is -2.13. The molecule has 3 aromatic heterocycles. The summed E-state index contributed by atoms with van der Waals surface area (Å²) in [6, 6.07) is 12.0. The molecule has 4 aromatic rings. The number of carbonyl (C=O) groups is 1. The third kappa shape index (κ3) is 3.36. The van der Waals surface area contributed by atoms with Crippen LogP contribution in [0.1, 0.15) is 45.3 Å². The number of hydrogen-bond acceptors (Lipinski definition) is 6. The first-order chi connectivity index (χ1) is 14.6. The number of aromatic nitrogens is 5. The summed E-state index contributed by atoms with van der Waals surface area (Å²) in [5.74, 6) is 0.295. The molecule has 8 heteroatoms. The molecule has 30 heavy (non-hydrogen) atoms. The number of hydrogen-bond donors (Lipinski definition) is 2. The summed E-state index contributed by atoms with van der Waals surface area (Å²) in [5.41, 5.74) is 11.3. The van der Waals surface area contributed by atoms with Crippen LogP contribution in [0.5, 0.6) is 0 Å². The molecule has 1 aromatic carbocycles. The molecule has 1 aliphatic carbocycles. The van der Waals surface area contributed by atoms with E-state index >= 15 is 0 Å². The summed E-state index contributed by atoms with van der Waals surface area (Å²) < 4.78 is 1.67. The standard InChI is InChI=1S/C22H21N7O/c1-13-2-4-15-10-14(3-6-18(15)25-13)11-29-12-20(27-28-29)22(30)26-19-7-5-17-16(19)8-9-24-21(17)23/h2-4,6,8-10,12,19H,5,7,11H2,1H3,(H2,23,24)(H,26,30)/t19-/m1/s1. The van der Waals surface area contributed by atoms with Crippen molar-refractivity contribution in [1.82, 2.24) is 30.3 Å². The minimum absolute atomic E-state index is 0.0839. The number of nitrogens with one attached hydrogen (secondary N) is 1. The maximum atomic E-state index is 12.7. The van der Waals surface area contributed by atoms with Crippen molar-refractivity contribution in [2.24, 2.45) is 0 Å². The van der Waals surface area contributed by atoms with E-state index in [1.54, 1.807) is 17.1 Å². The molecule has 150 valence electrons. The van der Waals surface area contributed by atoms with Crippen LogP contribution < -0.4 is 11.1 Å². The molecule has 3 heterocycles. The molecular weight excluding hydrogens is 378 g/mol. The molecule has 0 fully saturated rings. The van der Waals surface area contributed by atoms with Gasteiger partial charge in [-0.25, -0.2) is 9.67 Å². The summed E-state index contributed by atoms with van der Waals surface area (Å²) >= 11 is 0. The molecule has 0 unspecified atom stereocenters. The van der Waals surface area contributed by atoms with E-state index in [2.05, 4.69) is 37.7 Å². The van der Waals surface area contributed by atoms with Gasteiger partial charge in [0.15, 0.2) is 5.69 Å². The topological polar surface area (TPSA) is 112 Å². The van der Waals surface area contributed by atoms with Crippen molar-refractivity contribution in [2.75, 3.05) is 5.73 Å². The largest absolute Gasteiger partial charge is 0.383 e. The minimum Gasteiger partial charge on any atom is -0.383 e. The normalized spacial score (nSPS) is 15.3. The van der Waals surface area contributed by atoms with Gasteiger partial charge in [0.05, 0.1) is 24.3 Å². The first-order valence-corrected chi connectivity index (χ1v) is 9.87. The van der Waals surface area contributed by atoms with Crippen LogP contribution in [0.15, 0.2) is 48.8 Å². The number of anilines is 1. The average Bonchev–Trinajstić information content (AvgIpc) is 3.36. The first kappa shape index (κ1) is 18.2. The van der Waals surface area contributed by atoms with Crippen LogP contribution in [0.25, 0.3) is 10.9 Å². The Morgan fingerprint density at radius 1 is 1.27 bits per heavy atom. The summed E-state index contributed by atoms with van der Waals surface area (Å²) in [7, 11) is 0. The third-order valence-corrected chi connectivity index (χ3v) is 5.50. The van der Waals surface area contributed by atoms with E-state index in [0.29, 0.717) is 18.1 Å². The summed E-state index contributed by atoms with van der Waals surface area (Å²) in [5, 5.41) is 12.3. The Bertz CT molecular complexity index is 1260. The number of nitrogen functional groups attached to an aromatic ring is 1. The van der Waals surface area contributed by atoms with Crippen LogP contribution in [0.4, 0.5) is 5.82 Å². The molecule has 5 rings (SSSR count). The molecule has 0 radical (unpaired) electrons. The zero-order chi connectivity index (χ0) is 20.7. The smallest absolute Gasteiger partial charge is 0.273 e. The predicted octanol–water partition coefficient (Wildman–Crippen LogP) is 2.58. The second-order valence-corrected chi connectivity index (χ2v) is 7.61. The van der Waals surface area contributed by atoms with Gasteiger partial charge in [0.1, 0.15) is 5.82 Å². The van der Waals surface area contributed by atoms with Crippen LogP contribution in [0.2, 0.25) is 0 Å². The van der Waals surface area contributed by atoms with Crippen molar-refractivity contribution in [3.05, 3.63) is 76.9 Å². The van der Waals surface area contributed by atoms with Crippen LogP contribution in [-0.2, 0) is 13.0 Å². The molecule has 0 saturated heterocycles. The zero-order valence-corrected chi connectivity index (χ0v) is 16.5. The number of carbonyl (C=O) groups excluding carboxylic acids is 1. The maximum absolute atomic E-state index is 12.7. The van der Waals surface area contributed by atoms with E-state index in [1.807, 2.05) is 31.2 Å². The van der Waals surface area contributed by atoms with Crippen molar-refractivity contribution < 1.29 is 4.79 Å². The molecular formula is C22H21N7O. The number of nitrogens with two attached hydrogens (primary N) is 1. The summed E-state index contributed by atoms with van der Waals surface area (Å²) in [6.45, 7) is 2.50. The minimum atomic E-state index is -0.243. The number of aryl methyl sites for hydroxylation is 1. The van der Waals surface area contributed by atoms with E-state index in [4.69, 9.17) is 5.73 Å². The van der Waals surface area contributed by atoms with Gasteiger partial charge in [0.25, 0.3) is 5.91 Å². The molecule has 3 N–H and O–H groups in total. The molecule has 0 aliphatic heterocycles. The highest BCUT2D eigenvalue weighted by Gasteiger charge is 2.27. The van der Waals surface area contributed by atoms with Crippen LogP contribution in [0, 0.1) is 6.92 Å². The Labute approximate surface area is 173 Å². The summed E-state index contributed by atoms with van der Waals surface area (Å²) in [4.78, 5) is 21.3. The number of pyridine rings is 2. The number of rotatable bonds is 4. The number of nitrogens with zero attached hydrogens (tertiary/aromatic N) is 5. The highest BCUT2D eigenvalue weighted by atomic mass is 16.2. The molecule has 1 amide bonds. The van der Waals surface area contributed by atoms with E-state index in [0.717, 1.165) is 46.1 Å². The second-order valence-electron chi connectivity index (χ2n) is 7.61. The maximum Gasteiger partial charge on any atom is 0.273 e. The van der Waals surface area contributed by atoms with Gasteiger partial charge in [-0.2, -0.15) is 0 Å². The van der Waals surface area contributed by atoms with Crippen LogP contribution in [0.3, 0.4) is 0 Å². The molecule has 1 atom stereocenters. The number of benzene rings is 1. The van der Waals surface area contributed by atoms with Gasteiger partial charge in [-0.1, -0.05) is 17.3 Å². The van der Waals surface area contributed by atoms with Crippen molar-refractivity contribution in [1.29, 1.82) is 0 Å². The zero-order valence-electron chi connectivity index (χ0n) is 16.5. The first-order valence-electron chi connectivity index (χ1n) is 9.87. The van der Waals surface area contributed by atoms with Gasteiger partial charge in [-0.15, -0.1) is 5.10 Å². The van der Waals surface area contributed by atoms with Crippen molar-refractivity contribution in [3.8, 4) is 0 Å². The van der Waals surface area contributed by atoms with Crippen LogP contribution >= 0.6 is 0 Å². The fraction of sp³-hybridized carbons (Fsp3) is 0.227. The van der Waals surface area contributed by atoms with E-state index < -0.39 is 0 Å². The van der Waals surface area contributed by atoms with Gasteiger partial charge in [0.2, 0.25) is 0 Å². The van der Waals surface area contributed by atoms with E-state index in [1.165, 1.54) is 0 Å². The molecule has 1 aliphatic rings. The van der Waals surface area contributed by atoms with Gasteiger partial charge in [-0.3, -0.25) is 9.78 Å². The molecule has 0 bridgehead atoms. The fourth-order valence-corrected chi connectivity index (χ4v) is 3.99. The molecule has 8 nitrogen and oxygen atoms in total. The SMILES string of the molecule is Cc1ccc2cc(Cn3cc(C(=O)N[C@@H]4CCc5c4ccnc5N)nn3)ccc2n1. The lowest BCUT2D eigenvalue weighted by Crippen LogP contribution is -2.27. The molecule has 0 spiro atoms. The Morgan fingerprint density at radius 2 is 2.17 bits per heavy atom. The van der Waals surface area contributed by atoms with E-state index in [9.17, 15) is 4.79 Å².